The normalized spacial score (nSPS) is 10.8. The summed E-state index contributed by atoms with van der Waals surface area (Å²) in [5.74, 6) is 1.08. The van der Waals surface area contributed by atoms with Crippen LogP contribution >= 0.6 is 0 Å². The van der Waals surface area contributed by atoms with Crippen LogP contribution in [-0.2, 0) is 4.79 Å². The molecule has 3 rings (SSSR count). The van der Waals surface area contributed by atoms with Gasteiger partial charge in [-0.2, -0.15) is 5.10 Å². The summed E-state index contributed by atoms with van der Waals surface area (Å²) in [7, 11) is 0. The molecule has 0 bridgehead atoms. The number of anilines is 2. The molecule has 1 heterocycles. The van der Waals surface area contributed by atoms with Gasteiger partial charge in [0, 0.05) is 29.7 Å². The smallest absolute Gasteiger partial charge is 0.255 e. The molecule has 0 fully saturated rings. The van der Waals surface area contributed by atoms with Gasteiger partial charge in [0.05, 0.1) is 5.69 Å². The van der Waals surface area contributed by atoms with Crippen molar-refractivity contribution in [1.82, 2.24) is 15.2 Å². The van der Waals surface area contributed by atoms with Gasteiger partial charge in [0.15, 0.2) is 5.82 Å². The van der Waals surface area contributed by atoms with Gasteiger partial charge in [-0.15, -0.1) is 0 Å². The largest absolute Gasteiger partial charge is 0.326 e. The Kier molecular flexibility index (Phi) is 5.54. The fourth-order valence-corrected chi connectivity index (χ4v) is 2.72. The summed E-state index contributed by atoms with van der Waals surface area (Å²) in [6, 6.07) is 12.6. The van der Waals surface area contributed by atoms with Crippen molar-refractivity contribution in [3.05, 3.63) is 59.4 Å². The highest BCUT2D eigenvalue weighted by molar-refractivity contribution is 6.07. The molecule has 28 heavy (non-hydrogen) atoms. The Bertz CT molecular complexity index is 1020. The van der Waals surface area contributed by atoms with Gasteiger partial charge >= 0.3 is 0 Å². The maximum atomic E-state index is 12.8. The number of aryl methyl sites for hydroxylation is 1. The first-order valence-corrected chi connectivity index (χ1v) is 9.06. The van der Waals surface area contributed by atoms with Gasteiger partial charge in [-0.1, -0.05) is 32.0 Å². The molecule has 3 aromatic rings. The van der Waals surface area contributed by atoms with Crippen molar-refractivity contribution in [3.8, 4) is 11.4 Å². The van der Waals surface area contributed by atoms with Crippen LogP contribution in [0.2, 0.25) is 0 Å². The van der Waals surface area contributed by atoms with Gasteiger partial charge in [-0.25, -0.2) is 4.98 Å². The molecule has 144 valence electrons. The third kappa shape index (κ3) is 4.25. The van der Waals surface area contributed by atoms with Gasteiger partial charge in [-0.3, -0.25) is 14.7 Å². The summed E-state index contributed by atoms with van der Waals surface area (Å²) in [4.78, 5) is 28.7. The fraction of sp³-hybridized carbons (Fsp3) is 0.238. The molecular formula is C21H23N5O2. The SMILES string of the molecule is CC(=O)Nc1cc(C(=O)Nc2ccccc2-c2n[nH]c(C(C)C)n2)ccc1C. The maximum Gasteiger partial charge on any atom is 0.255 e. The summed E-state index contributed by atoms with van der Waals surface area (Å²) in [5, 5.41) is 12.9. The van der Waals surface area contributed by atoms with E-state index in [2.05, 4.69) is 25.8 Å². The summed E-state index contributed by atoms with van der Waals surface area (Å²) < 4.78 is 0. The standard InChI is InChI=1S/C21H23N5O2/c1-12(2)19-24-20(26-25-19)16-7-5-6-8-17(16)23-21(28)15-10-9-13(3)18(11-15)22-14(4)27/h5-12H,1-4H3,(H,22,27)(H,23,28)(H,24,25,26). The lowest BCUT2D eigenvalue weighted by atomic mass is 10.1. The summed E-state index contributed by atoms with van der Waals surface area (Å²) in [6.07, 6.45) is 0. The van der Waals surface area contributed by atoms with E-state index in [1.165, 1.54) is 6.92 Å². The minimum atomic E-state index is -0.279. The van der Waals surface area contributed by atoms with Crippen molar-refractivity contribution in [3.63, 3.8) is 0 Å². The van der Waals surface area contributed by atoms with E-state index >= 15 is 0 Å². The number of para-hydroxylation sites is 1. The Morgan fingerprint density at radius 3 is 2.46 bits per heavy atom. The Hall–Kier alpha value is -3.48. The average Bonchev–Trinajstić information content (AvgIpc) is 3.14. The third-order valence-corrected chi connectivity index (χ3v) is 4.28. The summed E-state index contributed by atoms with van der Waals surface area (Å²) >= 11 is 0. The van der Waals surface area contributed by atoms with Crippen LogP contribution < -0.4 is 10.6 Å². The summed E-state index contributed by atoms with van der Waals surface area (Å²) in [5.41, 5.74) is 3.29. The minimum absolute atomic E-state index is 0.184. The van der Waals surface area contributed by atoms with E-state index in [9.17, 15) is 9.59 Å². The van der Waals surface area contributed by atoms with Gasteiger partial charge in [0.25, 0.3) is 5.91 Å². The maximum absolute atomic E-state index is 12.8. The van der Waals surface area contributed by atoms with E-state index in [-0.39, 0.29) is 17.7 Å². The fourth-order valence-electron chi connectivity index (χ4n) is 2.72. The molecule has 3 N–H and O–H groups in total. The first-order chi connectivity index (χ1) is 13.3. The van der Waals surface area contributed by atoms with Crippen LogP contribution in [0.15, 0.2) is 42.5 Å². The molecule has 0 saturated carbocycles. The molecule has 0 saturated heterocycles. The van der Waals surface area contributed by atoms with Crippen LogP contribution in [0.1, 0.15) is 48.4 Å². The molecule has 0 atom stereocenters. The Morgan fingerprint density at radius 2 is 1.79 bits per heavy atom. The van der Waals surface area contributed by atoms with Crippen molar-refractivity contribution in [2.45, 2.75) is 33.6 Å². The zero-order valence-corrected chi connectivity index (χ0v) is 16.3. The quantitative estimate of drug-likeness (QED) is 0.623. The molecule has 0 radical (unpaired) electrons. The zero-order chi connectivity index (χ0) is 20.3. The van der Waals surface area contributed by atoms with Crippen LogP contribution in [0.4, 0.5) is 11.4 Å². The van der Waals surface area contributed by atoms with Crippen molar-refractivity contribution < 1.29 is 9.59 Å². The number of hydrogen-bond donors (Lipinski definition) is 3. The Labute approximate surface area is 163 Å². The number of benzene rings is 2. The molecule has 0 spiro atoms. The first kappa shape index (κ1) is 19.3. The lowest BCUT2D eigenvalue weighted by Crippen LogP contribution is -2.14. The van der Waals surface area contributed by atoms with Crippen LogP contribution in [0.25, 0.3) is 11.4 Å². The van der Waals surface area contributed by atoms with Gasteiger partial charge in [0.2, 0.25) is 5.91 Å². The van der Waals surface area contributed by atoms with Crippen LogP contribution in [0.5, 0.6) is 0 Å². The van der Waals surface area contributed by atoms with Crippen molar-refractivity contribution in [2.24, 2.45) is 0 Å². The van der Waals surface area contributed by atoms with Crippen LogP contribution in [0.3, 0.4) is 0 Å². The van der Waals surface area contributed by atoms with E-state index in [1.807, 2.05) is 45.0 Å². The minimum Gasteiger partial charge on any atom is -0.326 e. The van der Waals surface area contributed by atoms with E-state index < -0.39 is 0 Å². The molecule has 1 aromatic heterocycles. The number of aromatic nitrogens is 3. The van der Waals surface area contributed by atoms with Gasteiger partial charge < -0.3 is 10.6 Å². The van der Waals surface area contributed by atoms with Gasteiger partial charge in [0.1, 0.15) is 5.82 Å². The molecular weight excluding hydrogens is 354 g/mol. The lowest BCUT2D eigenvalue weighted by Gasteiger charge is -2.11. The predicted octanol–water partition coefficient (Wildman–Crippen LogP) is 4.11. The van der Waals surface area contributed by atoms with Crippen molar-refractivity contribution >= 4 is 23.2 Å². The number of nitrogens with zero attached hydrogens (tertiary/aromatic N) is 2. The number of rotatable bonds is 5. The van der Waals surface area contributed by atoms with Crippen molar-refractivity contribution in [1.29, 1.82) is 0 Å². The molecule has 7 heteroatoms. The van der Waals surface area contributed by atoms with E-state index in [4.69, 9.17) is 0 Å². The monoisotopic (exact) mass is 377 g/mol. The molecule has 7 nitrogen and oxygen atoms in total. The number of nitrogens with one attached hydrogen (secondary N) is 3. The number of H-pyrrole nitrogens is 1. The average molecular weight is 377 g/mol. The highest BCUT2D eigenvalue weighted by Gasteiger charge is 2.15. The summed E-state index contributed by atoms with van der Waals surface area (Å²) in [6.45, 7) is 7.37. The molecule has 2 aromatic carbocycles. The number of hydrogen-bond acceptors (Lipinski definition) is 4. The number of aromatic amines is 1. The van der Waals surface area contributed by atoms with Crippen LogP contribution in [0, 0.1) is 6.92 Å². The number of carbonyl (C=O) groups is 2. The second kappa shape index (κ2) is 8.04. The zero-order valence-electron chi connectivity index (χ0n) is 16.3. The van der Waals surface area contributed by atoms with E-state index in [0.29, 0.717) is 22.8 Å². The lowest BCUT2D eigenvalue weighted by molar-refractivity contribution is -0.114. The van der Waals surface area contributed by atoms with Gasteiger partial charge in [-0.05, 0) is 36.8 Å². The van der Waals surface area contributed by atoms with Crippen molar-refractivity contribution in [2.75, 3.05) is 10.6 Å². The first-order valence-electron chi connectivity index (χ1n) is 9.06. The second-order valence-electron chi connectivity index (χ2n) is 6.91. The Morgan fingerprint density at radius 1 is 1.04 bits per heavy atom. The van der Waals surface area contributed by atoms with E-state index in [1.54, 1.807) is 18.2 Å². The molecule has 0 aliphatic heterocycles. The molecule has 0 unspecified atom stereocenters. The predicted molar refractivity (Wildman–Crippen MR) is 109 cm³/mol. The van der Waals surface area contributed by atoms with E-state index in [0.717, 1.165) is 17.0 Å². The molecule has 0 aliphatic carbocycles. The highest BCUT2D eigenvalue weighted by atomic mass is 16.2. The van der Waals surface area contributed by atoms with Crippen LogP contribution in [-0.4, -0.2) is 27.0 Å². The topological polar surface area (TPSA) is 99.8 Å². The highest BCUT2D eigenvalue weighted by Crippen LogP contribution is 2.27. The Balaban J connectivity index is 1.88. The molecule has 0 aliphatic rings. The number of amides is 2. The number of carbonyl (C=O) groups excluding carboxylic acids is 2. The molecule has 2 amide bonds. The second-order valence-corrected chi connectivity index (χ2v) is 6.91. The third-order valence-electron chi connectivity index (χ3n) is 4.28.